The Kier molecular flexibility index (Phi) is 5.00. The van der Waals surface area contributed by atoms with Crippen LogP contribution in [0.3, 0.4) is 0 Å². The number of rotatable bonds is 5. The molecule has 1 fully saturated rings. The number of hydrogen-bond acceptors (Lipinski definition) is 4. The van der Waals surface area contributed by atoms with Gasteiger partial charge in [-0.05, 0) is 43.4 Å². The molecule has 5 nitrogen and oxygen atoms in total. The van der Waals surface area contributed by atoms with Crippen molar-refractivity contribution in [2.75, 3.05) is 27.2 Å². The smallest absolute Gasteiger partial charge is 0.0697 e. The van der Waals surface area contributed by atoms with E-state index in [2.05, 4.69) is 46.9 Å². The van der Waals surface area contributed by atoms with Gasteiger partial charge >= 0.3 is 0 Å². The molecule has 3 atom stereocenters. The molecule has 1 aliphatic heterocycles. The number of hydrogen-bond donors (Lipinski definition) is 1. The van der Waals surface area contributed by atoms with E-state index in [0.29, 0.717) is 5.92 Å². The molecule has 2 N–H and O–H groups in total. The standard InChI is InChI=1S/C13H23BrN4O/c1-9-10(4-7-19-9)12(15)13-11(14)8-16-18(13)6-5-17(2)3/h8-10,12H,4-7,15H2,1-3H3. The maximum atomic E-state index is 6.46. The minimum atomic E-state index is -0.0310. The van der Waals surface area contributed by atoms with Crippen LogP contribution >= 0.6 is 15.9 Å². The van der Waals surface area contributed by atoms with E-state index >= 15 is 0 Å². The third kappa shape index (κ3) is 3.37. The molecule has 0 bridgehead atoms. The summed E-state index contributed by atoms with van der Waals surface area (Å²) in [5.74, 6) is 0.367. The zero-order valence-corrected chi connectivity index (χ0v) is 13.4. The lowest BCUT2D eigenvalue weighted by atomic mass is 9.92. The Bertz CT molecular complexity index is 421. The van der Waals surface area contributed by atoms with Gasteiger partial charge in [0.2, 0.25) is 0 Å². The molecular weight excluding hydrogens is 308 g/mol. The van der Waals surface area contributed by atoms with Crippen LogP contribution in [0.5, 0.6) is 0 Å². The SMILES string of the molecule is CC1OCCC1C(N)c1c(Br)cnn1CCN(C)C. The van der Waals surface area contributed by atoms with Gasteiger partial charge in [0.05, 0.1) is 35.1 Å². The van der Waals surface area contributed by atoms with Crippen LogP contribution < -0.4 is 5.73 Å². The molecule has 19 heavy (non-hydrogen) atoms. The Labute approximate surface area is 123 Å². The fourth-order valence-corrected chi connectivity index (χ4v) is 3.16. The summed E-state index contributed by atoms with van der Waals surface area (Å²) in [6, 6.07) is -0.0310. The molecule has 0 spiro atoms. The second-order valence-electron chi connectivity index (χ2n) is 5.46. The van der Waals surface area contributed by atoms with Crippen LogP contribution in [0.15, 0.2) is 10.7 Å². The summed E-state index contributed by atoms with van der Waals surface area (Å²) in [6.07, 6.45) is 3.08. The fraction of sp³-hybridized carbons (Fsp3) is 0.769. The van der Waals surface area contributed by atoms with Crippen LogP contribution in [0.1, 0.15) is 25.1 Å². The van der Waals surface area contributed by atoms with Gasteiger partial charge in [0.25, 0.3) is 0 Å². The Hall–Kier alpha value is -0.430. The molecule has 1 aromatic heterocycles. The third-order valence-corrected chi connectivity index (χ3v) is 4.42. The highest BCUT2D eigenvalue weighted by atomic mass is 79.9. The number of nitrogens with two attached hydrogens (primary N) is 1. The second kappa shape index (κ2) is 6.35. The van der Waals surface area contributed by atoms with Gasteiger partial charge in [0, 0.05) is 19.1 Å². The number of aromatic nitrogens is 2. The first-order valence-corrected chi connectivity index (χ1v) is 7.53. The number of halogens is 1. The fourth-order valence-electron chi connectivity index (χ4n) is 2.60. The molecule has 6 heteroatoms. The monoisotopic (exact) mass is 330 g/mol. The van der Waals surface area contributed by atoms with Crippen molar-refractivity contribution < 1.29 is 4.74 Å². The summed E-state index contributed by atoms with van der Waals surface area (Å²) >= 11 is 3.57. The molecular formula is C13H23BrN4O. The lowest BCUT2D eigenvalue weighted by Crippen LogP contribution is -2.30. The highest BCUT2D eigenvalue weighted by molar-refractivity contribution is 9.10. The predicted molar refractivity (Wildman–Crippen MR) is 78.9 cm³/mol. The molecule has 2 rings (SSSR count). The molecule has 0 amide bonds. The van der Waals surface area contributed by atoms with Crippen molar-refractivity contribution >= 4 is 15.9 Å². The van der Waals surface area contributed by atoms with E-state index in [4.69, 9.17) is 10.5 Å². The molecule has 3 unspecified atom stereocenters. The van der Waals surface area contributed by atoms with E-state index < -0.39 is 0 Å². The third-order valence-electron chi connectivity index (χ3n) is 3.80. The van der Waals surface area contributed by atoms with Gasteiger partial charge in [-0.25, -0.2) is 0 Å². The summed E-state index contributed by atoms with van der Waals surface area (Å²) in [5.41, 5.74) is 7.55. The minimum Gasteiger partial charge on any atom is -0.378 e. The van der Waals surface area contributed by atoms with Gasteiger partial charge in [0.1, 0.15) is 0 Å². The molecule has 0 radical (unpaired) electrons. The van der Waals surface area contributed by atoms with E-state index in [0.717, 1.165) is 36.3 Å². The topological polar surface area (TPSA) is 56.3 Å². The predicted octanol–water partition coefficient (Wildman–Crippen LogP) is 1.63. The van der Waals surface area contributed by atoms with Gasteiger partial charge in [-0.15, -0.1) is 0 Å². The Morgan fingerprint density at radius 3 is 2.95 bits per heavy atom. The lowest BCUT2D eigenvalue weighted by molar-refractivity contribution is 0.0985. The van der Waals surface area contributed by atoms with Crippen molar-refractivity contribution in [1.29, 1.82) is 0 Å². The Balaban J connectivity index is 2.15. The highest BCUT2D eigenvalue weighted by Gasteiger charge is 2.33. The van der Waals surface area contributed by atoms with E-state index in [1.54, 1.807) is 0 Å². The van der Waals surface area contributed by atoms with E-state index in [-0.39, 0.29) is 12.1 Å². The van der Waals surface area contributed by atoms with E-state index in [1.807, 2.05) is 10.9 Å². The molecule has 0 aromatic carbocycles. The first-order valence-electron chi connectivity index (χ1n) is 6.73. The number of ether oxygens (including phenoxy) is 1. The lowest BCUT2D eigenvalue weighted by Gasteiger charge is -2.24. The Morgan fingerprint density at radius 2 is 2.37 bits per heavy atom. The highest BCUT2D eigenvalue weighted by Crippen LogP contribution is 2.34. The Morgan fingerprint density at radius 1 is 1.63 bits per heavy atom. The van der Waals surface area contributed by atoms with Crippen molar-refractivity contribution in [3.8, 4) is 0 Å². The summed E-state index contributed by atoms with van der Waals surface area (Å²) < 4.78 is 8.64. The molecule has 2 heterocycles. The van der Waals surface area contributed by atoms with E-state index in [9.17, 15) is 0 Å². The van der Waals surface area contributed by atoms with Gasteiger partial charge in [-0.3, -0.25) is 4.68 Å². The van der Waals surface area contributed by atoms with Crippen LogP contribution in [-0.4, -0.2) is 48.0 Å². The molecule has 1 saturated heterocycles. The molecule has 1 aliphatic rings. The number of likely N-dealkylation sites (N-methyl/N-ethyl adjacent to an activating group) is 1. The van der Waals surface area contributed by atoms with Crippen molar-refractivity contribution in [3.63, 3.8) is 0 Å². The van der Waals surface area contributed by atoms with Crippen LogP contribution in [0.2, 0.25) is 0 Å². The van der Waals surface area contributed by atoms with Crippen LogP contribution in [0.4, 0.5) is 0 Å². The minimum absolute atomic E-state index is 0.0310. The van der Waals surface area contributed by atoms with Gasteiger partial charge in [-0.1, -0.05) is 0 Å². The van der Waals surface area contributed by atoms with Gasteiger partial charge < -0.3 is 15.4 Å². The first-order chi connectivity index (χ1) is 9.00. The van der Waals surface area contributed by atoms with Crippen LogP contribution in [-0.2, 0) is 11.3 Å². The quantitative estimate of drug-likeness (QED) is 0.891. The number of nitrogens with zero attached hydrogens (tertiary/aromatic N) is 3. The normalized spacial score (nSPS) is 25.2. The van der Waals surface area contributed by atoms with E-state index in [1.165, 1.54) is 0 Å². The molecule has 108 valence electrons. The van der Waals surface area contributed by atoms with Crippen molar-refractivity contribution in [3.05, 3.63) is 16.4 Å². The summed E-state index contributed by atoms with van der Waals surface area (Å²) in [5, 5.41) is 4.43. The summed E-state index contributed by atoms with van der Waals surface area (Å²) in [7, 11) is 4.12. The molecule has 1 aromatic rings. The van der Waals surface area contributed by atoms with Crippen molar-refractivity contribution in [2.24, 2.45) is 11.7 Å². The van der Waals surface area contributed by atoms with Crippen molar-refractivity contribution in [2.45, 2.75) is 32.0 Å². The average Bonchev–Trinajstić information content (AvgIpc) is 2.92. The van der Waals surface area contributed by atoms with Crippen LogP contribution in [0.25, 0.3) is 0 Å². The summed E-state index contributed by atoms with van der Waals surface area (Å²) in [4.78, 5) is 2.15. The zero-order valence-electron chi connectivity index (χ0n) is 11.8. The maximum Gasteiger partial charge on any atom is 0.0697 e. The second-order valence-corrected chi connectivity index (χ2v) is 6.31. The average molecular weight is 331 g/mol. The molecule has 0 aliphatic carbocycles. The first kappa shape index (κ1) is 15.0. The summed E-state index contributed by atoms with van der Waals surface area (Å²) in [6.45, 7) is 4.71. The van der Waals surface area contributed by atoms with Crippen molar-refractivity contribution in [1.82, 2.24) is 14.7 Å². The zero-order chi connectivity index (χ0) is 14.0. The van der Waals surface area contributed by atoms with Gasteiger partial charge in [-0.2, -0.15) is 5.10 Å². The largest absolute Gasteiger partial charge is 0.378 e. The molecule has 0 saturated carbocycles. The van der Waals surface area contributed by atoms with Gasteiger partial charge in [0.15, 0.2) is 0 Å². The maximum absolute atomic E-state index is 6.46. The van der Waals surface area contributed by atoms with Crippen LogP contribution in [0, 0.1) is 5.92 Å².